The number of nitrogens with zero attached hydrogens (tertiary/aromatic N) is 2. The lowest BCUT2D eigenvalue weighted by Gasteiger charge is -2.46. The number of carbonyl (C=O) groups excluding carboxylic acids is 1. The molecule has 5 atom stereocenters. The molecule has 1 N–H and O–H groups in total. The predicted octanol–water partition coefficient (Wildman–Crippen LogP) is 5.30. The Hall–Kier alpha value is -2.64. The first-order valence-corrected chi connectivity index (χ1v) is 20.9. The van der Waals surface area contributed by atoms with Crippen LogP contribution in [-0.4, -0.2) is 84.6 Å². The number of carbonyl (C=O) groups is 1. The second-order valence-electron chi connectivity index (χ2n) is 14.2. The number of rotatable bonds is 6. The fourth-order valence-corrected chi connectivity index (χ4v) is 10.2. The van der Waals surface area contributed by atoms with Crippen molar-refractivity contribution in [3.8, 4) is 5.75 Å². The van der Waals surface area contributed by atoms with Crippen molar-refractivity contribution >= 4 is 43.2 Å². The molecule has 0 unspecified atom stereocenters. The number of ether oxygens (including phenoxy) is 2. The molecule has 1 spiro atoms. The van der Waals surface area contributed by atoms with Crippen molar-refractivity contribution in [1.82, 2.24) is 9.03 Å². The van der Waals surface area contributed by atoms with E-state index in [0.717, 1.165) is 37.8 Å². The van der Waals surface area contributed by atoms with E-state index in [1.54, 1.807) is 25.1 Å². The Balaban J connectivity index is 1.38. The lowest BCUT2D eigenvalue weighted by Crippen LogP contribution is -2.49. The number of hydrogen-bond donors (Lipinski definition) is 1. The van der Waals surface area contributed by atoms with Crippen molar-refractivity contribution in [3.63, 3.8) is 0 Å². The van der Waals surface area contributed by atoms with Crippen LogP contribution in [-0.2, 0) is 36.6 Å². The zero-order chi connectivity index (χ0) is 35.0. The van der Waals surface area contributed by atoms with Crippen LogP contribution in [0.1, 0.15) is 73.4 Å². The Bertz CT molecular complexity index is 1800. The average molecular weight is 734 g/mol. The molecule has 268 valence electrons. The third kappa shape index (κ3) is 7.68. The normalized spacial score (nSPS) is 29.2. The monoisotopic (exact) mass is 733 g/mol. The maximum absolute atomic E-state index is 13.5. The van der Waals surface area contributed by atoms with Gasteiger partial charge in [-0.2, -0.15) is 0 Å². The fourth-order valence-electron chi connectivity index (χ4n) is 7.95. The van der Waals surface area contributed by atoms with Gasteiger partial charge in [-0.15, -0.1) is 0 Å². The van der Waals surface area contributed by atoms with Gasteiger partial charge in [-0.3, -0.25) is 4.79 Å². The summed E-state index contributed by atoms with van der Waals surface area (Å²) in [7, 11) is -4.35. The largest absolute Gasteiger partial charge is 0.490 e. The number of halogens is 1. The molecule has 1 fully saturated rings. The Morgan fingerprint density at radius 1 is 1.14 bits per heavy atom. The fraction of sp³-hybridized carbons (Fsp3) is 0.583. The molecular weight excluding hydrogens is 686 g/mol. The van der Waals surface area contributed by atoms with E-state index < -0.39 is 31.2 Å². The van der Waals surface area contributed by atoms with E-state index in [2.05, 4.69) is 21.8 Å². The molecule has 4 aliphatic rings. The van der Waals surface area contributed by atoms with Crippen LogP contribution >= 0.6 is 11.6 Å². The van der Waals surface area contributed by atoms with E-state index >= 15 is 0 Å². The molecule has 2 heterocycles. The van der Waals surface area contributed by atoms with Gasteiger partial charge in [0.25, 0.3) is 5.91 Å². The van der Waals surface area contributed by atoms with Crippen molar-refractivity contribution in [2.75, 3.05) is 51.1 Å². The zero-order valence-corrected chi connectivity index (χ0v) is 31.0. The molecule has 1 saturated carbocycles. The van der Waals surface area contributed by atoms with Crippen LogP contribution in [0.2, 0.25) is 5.02 Å². The lowest BCUT2D eigenvalue weighted by atomic mass is 9.68. The second kappa shape index (κ2) is 14.5. The molecule has 13 heteroatoms. The number of nitrogens with one attached hydrogen (secondary N) is 1. The van der Waals surface area contributed by atoms with Crippen LogP contribution in [0.3, 0.4) is 0 Å². The van der Waals surface area contributed by atoms with Gasteiger partial charge < -0.3 is 14.4 Å². The Morgan fingerprint density at radius 3 is 2.69 bits per heavy atom. The van der Waals surface area contributed by atoms with Gasteiger partial charge >= 0.3 is 0 Å². The summed E-state index contributed by atoms with van der Waals surface area (Å²) in [6.07, 6.45) is 9.57. The standard InChI is InChI=1S/C36H48ClN3O7S2/c1-4-29-9-5-6-10-33(46-18-19-48(42,43)39(2)3)30-14-11-27(30)22-40-23-36(17-7-8-25-20-28(37)13-15-31(25)36)24-47-34-16-12-26(21-32(34)40)35(41)38-49(29,44)45/h6,10,12-13,15-16,20-21,27,29-30,33H,4-5,7-9,11,14,17-19,22-24H2,1-3H3,(H,38,41)/b10-6-/t27-,29+,30+,33-,36-/m0/s1. The summed E-state index contributed by atoms with van der Waals surface area (Å²) in [6.45, 7) is 3.66. The third-order valence-corrected chi connectivity index (χ3v) is 14.9. The highest BCUT2D eigenvalue weighted by molar-refractivity contribution is 7.90. The topological polar surface area (TPSA) is 122 Å². The molecule has 49 heavy (non-hydrogen) atoms. The molecule has 6 rings (SSSR count). The Morgan fingerprint density at radius 2 is 1.96 bits per heavy atom. The van der Waals surface area contributed by atoms with Gasteiger partial charge in [0.1, 0.15) is 5.75 Å². The van der Waals surface area contributed by atoms with Gasteiger partial charge in [0.2, 0.25) is 20.0 Å². The summed E-state index contributed by atoms with van der Waals surface area (Å²) in [6, 6.07) is 11.3. The summed E-state index contributed by atoms with van der Waals surface area (Å²) in [5.41, 5.74) is 3.17. The van der Waals surface area contributed by atoms with Gasteiger partial charge in [0, 0.05) is 43.2 Å². The molecule has 0 aromatic heterocycles. The Labute approximate surface area is 296 Å². The summed E-state index contributed by atoms with van der Waals surface area (Å²) in [5, 5.41) is -0.0419. The van der Waals surface area contributed by atoms with Gasteiger partial charge in [-0.25, -0.2) is 25.9 Å². The minimum atomic E-state index is -3.95. The minimum Gasteiger partial charge on any atom is -0.490 e. The van der Waals surface area contributed by atoms with Crippen LogP contribution in [0.25, 0.3) is 0 Å². The van der Waals surface area contributed by atoms with Crippen molar-refractivity contribution in [2.45, 2.75) is 75.1 Å². The van der Waals surface area contributed by atoms with E-state index in [-0.39, 0.29) is 41.3 Å². The number of fused-ring (bicyclic) bond motifs is 4. The number of aryl methyl sites for hydroxylation is 1. The molecule has 1 amide bonds. The average Bonchev–Trinajstić information content (AvgIpc) is 3.18. The maximum atomic E-state index is 13.5. The number of anilines is 1. The number of amides is 1. The number of allylic oxidation sites excluding steroid dienone is 1. The highest BCUT2D eigenvalue weighted by Crippen LogP contribution is 2.47. The molecule has 2 aromatic carbocycles. The van der Waals surface area contributed by atoms with E-state index in [1.165, 1.54) is 29.5 Å². The minimum absolute atomic E-state index is 0.0585. The SMILES string of the molecule is CC[C@@H]1CC/C=C\[C@H](OCCS(=O)(=O)N(C)C)[C@@H]2CC[C@H]2CN2C[C@@]3(CCCc4cc(Cl)ccc43)COc3ccc(cc32)C(=O)NS1(=O)=O. The van der Waals surface area contributed by atoms with Crippen LogP contribution in [0.15, 0.2) is 48.6 Å². The van der Waals surface area contributed by atoms with E-state index in [4.69, 9.17) is 21.1 Å². The molecule has 0 radical (unpaired) electrons. The van der Waals surface area contributed by atoms with Crippen LogP contribution in [0.4, 0.5) is 5.69 Å². The van der Waals surface area contributed by atoms with Gasteiger partial charge in [-0.05, 0) is 105 Å². The molecule has 2 aliphatic carbocycles. The third-order valence-electron chi connectivity index (χ3n) is 11.0. The molecule has 2 aromatic rings. The van der Waals surface area contributed by atoms with Crippen LogP contribution in [0.5, 0.6) is 5.75 Å². The number of benzene rings is 2. The van der Waals surface area contributed by atoms with Gasteiger partial charge in [-0.1, -0.05) is 36.7 Å². The summed E-state index contributed by atoms with van der Waals surface area (Å²) in [4.78, 5) is 15.8. The van der Waals surface area contributed by atoms with Crippen molar-refractivity contribution in [3.05, 3.63) is 70.3 Å². The highest BCUT2D eigenvalue weighted by Gasteiger charge is 2.44. The maximum Gasteiger partial charge on any atom is 0.264 e. The van der Waals surface area contributed by atoms with Gasteiger partial charge in [0.15, 0.2) is 0 Å². The summed E-state index contributed by atoms with van der Waals surface area (Å²) < 4.78 is 68.3. The first-order chi connectivity index (χ1) is 23.3. The molecule has 2 aliphatic heterocycles. The predicted molar refractivity (Wildman–Crippen MR) is 192 cm³/mol. The van der Waals surface area contributed by atoms with Crippen molar-refractivity contribution in [2.24, 2.45) is 11.8 Å². The van der Waals surface area contributed by atoms with Crippen LogP contribution in [0, 0.1) is 11.8 Å². The first kappa shape index (κ1) is 36.2. The van der Waals surface area contributed by atoms with Gasteiger partial charge in [0.05, 0.1) is 36.0 Å². The van der Waals surface area contributed by atoms with E-state index in [9.17, 15) is 21.6 Å². The summed E-state index contributed by atoms with van der Waals surface area (Å²) in [5.74, 6) is 0.267. The van der Waals surface area contributed by atoms with Crippen molar-refractivity contribution in [1.29, 1.82) is 0 Å². The quantitative estimate of drug-likeness (QED) is 0.397. The van der Waals surface area contributed by atoms with Crippen LogP contribution < -0.4 is 14.4 Å². The lowest BCUT2D eigenvalue weighted by molar-refractivity contribution is -0.00801. The molecule has 10 nitrogen and oxygen atoms in total. The number of sulfonamides is 2. The Kier molecular flexibility index (Phi) is 10.7. The summed E-state index contributed by atoms with van der Waals surface area (Å²) >= 11 is 6.43. The van der Waals surface area contributed by atoms with E-state index in [0.29, 0.717) is 49.7 Å². The molecule has 2 bridgehead atoms. The molecular formula is C36H48ClN3O7S2. The smallest absolute Gasteiger partial charge is 0.264 e. The number of hydrogen-bond acceptors (Lipinski definition) is 8. The highest BCUT2D eigenvalue weighted by atomic mass is 35.5. The van der Waals surface area contributed by atoms with E-state index in [1.807, 2.05) is 18.2 Å². The van der Waals surface area contributed by atoms with Crippen molar-refractivity contribution < 1.29 is 31.1 Å². The first-order valence-electron chi connectivity index (χ1n) is 17.4. The second-order valence-corrected chi connectivity index (χ2v) is 18.9. The zero-order valence-electron chi connectivity index (χ0n) is 28.6. The molecule has 0 saturated heterocycles.